The molecular weight excluding hydrogens is 363 g/mol. The number of ether oxygens (including phenoxy) is 2. The second-order valence-corrected chi connectivity index (χ2v) is 7.27. The summed E-state index contributed by atoms with van der Waals surface area (Å²) in [6.07, 6.45) is 5.41. The van der Waals surface area contributed by atoms with Crippen LogP contribution in [0.3, 0.4) is 0 Å². The second-order valence-electron chi connectivity index (χ2n) is 6.38. The van der Waals surface area contributed by atoms with E-state index in [9.17, 15) is 0 Å². The van der Waals surface area contributed by atoms with Crippen molar-refractivity contribution in [2.75, 3.05) is 11.5 Å². The number of methoxy groups -OCH3 is 1. The van der Waals surface area contributed by atoms with E-state index in [1.807, 2.05) is 12.1 Å². The number of hydrogen-bond donors (Lipinski definition) is 0. The van der Waals surface area contributed by atoms with E-state index in [0.717, 1.165) is 10.2 Å². The van der Waals surface area contributed by atoms with Gasteiger partial charge in [0.05, 0.1) is 19.3 Å². The summed E-state index contributed by atoms with van der Waals surface area (Å²) in [7, 11) is 1.73. The lowest BCUT2D eigenvalue weighted by Gasteiger charge is -2.35. The minimum atomic E-state index is 0.137. The molecule has 1 aromatic rings. The number of rotatable bonds is 5. The molecule has 1 aromatic carbocycles. The summed E-state index contributed by atoms with van der Waals surface area (Å²) >= 11 is 2.41. The third-order valence-electron chi connectivity index (χ3n) is 4.27. The zero-order valence-electron chi connectivity index (χ0n) is 12.7. The molecule has 0 saturated heterocycles. The van der Waals surface area contributed by atoms with Crippen LogP contribution in [0.25, 0.3) is 0 Å². The highest BCUT2D eigenvalue weighted by Gasteiger charge is 2.29. The van der Waals surface area contributed by atoms with Crippen LogP contribution in [0.2, 0.25) is 0 Å². The van der Waals surface area contributed by atoms with Gasteiger partial charge in [0.2, 0.25) is 0 Å². The van der Waals surface area contributed by atoms with Gasteiger partial charge in [0.1, 0.15) is 5.75 Å². The molecule has 0 bridgehead atoms. The second kappa shape index (κ2) is 7.12. The minimum absolute atomic E-state index is 0.137. The monoisotopic (exact) mass is 388 g/mol. The third-order valence-corrected chi connectivity index (χ3v) is 5.07. The lowest BCUT2D eigenvalue weighted by Crippen LogP contribution is -2.28. The van der Waals surface area contributed by atoms with Gasteiger partial charge in [0.25, 0.3) is 0 Å². The van der Waals surface area contributed by atoms with Crippen LogP contribution >= 0.6 is 22.6 Å². The lowest BCUT2D eigenvalue weighted by atomic mass is 9.76. The summed E-state index contributed by atoms with van der Waals surface area (Å²) in [4.78, 5) is 0. The van der Waals surface area contributed by atoms with Gasteiger partial charge >= 0.3 is 0 Å². The van der Waals surface area contributed by atoms with Crippen molar-refractivity contribution < 1.29 is 9.47 Å². The van der Waals surface area contributed by atoms with Crippen molar-refractivity contribution >= 4 is 22.6 Å². The molecule has 3 heteroatoms. The summed E-state index contributed by atoms with van der Waals surface area (Å²) < 4.78 is 12.8. The first-order chi connectivity index (χ1) is 9.55. The van der Waals surface area contributed by atoms with Crippen LogP contribution in [-0.4, -0.2) is 17.6 Å². The van der Waals surface area contributed by atoms with E-state index >= 15 is 0 Å². The van der Waals surface area contributed by atoms with Gasteiger partial charge in [-0.1, -0.05) is 54.6 Å². The summed E-state index contributed by atoms with van der Waals surface area (Å²) in [5, 5.41) is 0. The average molecular weight is 388 g/mol. The van der Waals surface area contributed by atoms with Crippen LogP contribution in [0, 0.1) is 5.41 Å². The molecular formula is C17H25IO2. The topological polar surface area (TPSA) is 18.5 Å². The van der Waals surface area contributed by atoms with Crippen LogP contribution in [0.5, 0.6) is 5.75 Å². The molecule has 1 atom stereocenters. The fraction of sp³-hybridized carbons (Fsp3) is 0.647. The number of alkyl halides is 1. The Morgan fingerprint density at radius 2 is 1.90 bits per heavy atom. The van der Waals surface area contributed by atoms with Gasteiger partial charge in [-0.25, -0.2) is 0 Å². The Balaban J connectivity index is 2.02. The molecule has 20 heavy (non-hydrogen) atoms. The highest BCUT2D eigenvalue weighted by molar-refractivity contribution is 14.1. The molecule has 1 aliphatic carbocycles. The molecule has 1 fully saturated rings. The molecule has 0 aliphatic heterocycles. The number of hydrogen-bond acceptors (Lipinski definition) is 2. The molecule has 2 nitrogen and oxygen atoms in total. The average Bonchev–Trinajstić information content (AvgIpc) is 2.46. The van der Waals surface area contributed by atoms with Gasteiger partial charge in [0.15, 0.2) is 0 Å². The van der Waals surface area contributed by atoms with Crippen molar-refractivity contribution in [1.82, 2.24) is 0 Å². The Morgan fingerprint density at radius 1 is 1.25 bits per heavy atom. The van der Waals surface area contributed by atoms with Crippen LogP contribution in [-0.2, 0) is 4.74 Å². The summed E-state index contributed by atoms with van der Waals surface area (Å²) in [5.74, 6) is 0.935. The Hall–Kier alpha value is -0.290. The Bertz CT molecular complexity index is 421. The number of para-hydroxylation sites is 1. The van der Waals surface area contributed by atoms with Crippen molar-refractivity contribution in [2.45, 2.75) is 51.7 Å². The van der Waals surface area contributed by atoms with Crippen LogP contribution in [0.1, 0.15) is 51.2 Å². The van der Waals surface area contributed by atoms with Crippen LogP contribution in [0.4, 0.5) is 0 Å². The Labute approximate surface area is 136 Å². The first-order valence-corrected chi connectivity index (χ1v) is 8.92. The SMILES string of the molecule is COc1ccccc1C(CI)OC1CCC(C)(C)CC1. The summed E-state index contributed by atoms with van der Waals surface area (Å²) in [6.45, 7) is 4.72. The lowest BCUT2D eigenvalue weighted by molar-refractivity contribution is -0.0364. The van der Waals surface area contributed by atoms with Gasteiger partial charge in [-0.2, -0.15) is 0 Å². The van der Waals surface area contributed by atoms with E-state index in [0.29, 0.717) is 11.5 Å². The van der Waals surface area contributed by atoms with E-state index < -0.39 is 0 Å². The van der Waals surface area contributed by atoms with E-state index in [1.54, 1.807) is 7.11 Å². The molecule has 1 aliphatic rings. The molecule has 1 saturated carbocycles. The van der Waals surface area contributed by atoms with Gasteiger partial charge < -0.3 is 9.47 Å². The third kappa shape index (κ3) is 4.10. The highest BCUT2D eigenvalue weighted by atomic mass is 127. The first kappa shape index (κ1) is 16.1. The number of halogens is 1. The van der Waals surface area contributed by atoms with E-state index in [-0.39, 0.29) is 6.10 Å². The van der Waals surface area contributed by atoms with Crippen molar-refractivity contribution in [3.63, 3.8) is 0 Å². The summed E-state index contributed by atoms with van der Waals surface area (Å²) in [6, 6.07) is 8.21. The smallest absolute Gasteiger partial charge is 0.124 e. The van der Waals surface area contributed by atoms with Crippen LogP contribution in [0.15, 0.2) is 24.3 Å². The molecule has 1 unspecified atom stereocenters. The van der Waals surface area contributed by atoms with E-state index in [2.05, 4.69) is 48.6 Å². The van der Waals surface area contributed by atoms with Gasteiger partial charge in [0, 0.05) is 9.99 Å². The Morgan fingerprint density at radius 3 is 2.50 bits per heavy atom. The van der Waals surface area contributed by atoms with E-state index in [1.165, 1.54) is 31.2 Å². The van der Waals surface area contributed by atoms with Gasteiger partial charge in [-0.05, 0) is 37.2 Å². The van der Waals surface area contributed by atoms with Crippen molar-refractivity contribution in [1.29, 1.82) is 0 Å². The van der Waals surface area contributed by atoms with E-state index in [4.69, 9.17) is 9.47 Å². The maximum Gasteiger partial charge on any atom is 0.124 e. The minimum Gasteiger partial charge on any atom is -0.496 e. The Kier molecular flexibility index (Phi) is 5.73. The van der Waals surface area contributed by atoms with Crippen molar-refractivity contribution in [3.05, 3.63) is 29.8 Å². The molecule has 2 rings (SSSR count). The van der Waals surface area contributed by atoms with Gasteiger partial charge in [-0.15, -0.1) is 0 Å². The molecule has 0 radical (unpaired) electrons. The standard InChI is InChI=1S/C17H25IO2/c1-17(2)10-8-13(9-11-17)20-16(12-18)14-6-4-5-7-15(14)19-3/h4-7,13,16H,8-12H2,1-3H3. The van der Waals surface area contributed by atoms with Gasteiger partial charge in [-0.3, -0.25) is 0 Å². The molecule has 112 valence electrons. The largest absolute Gasteiger partial charge is 0.496 e. The predicted molar refractivity (Wildman–Crippen MR) is 91.7 cm³/mol. The molecule has 0 heterocycles. The fourth-order valence-electron chi connectivity index (χ4n) is 2.87. The zero-order valence-corrected chi connectivity index (χ0v) is 14.9. The molecule has 0 aromatic heterocycles. The zero-order chi connectivity index (χ0) is 14.6. The molecule has 0 amide bonds. The maximum atomic E-state index is 6.37. The first-order valence-electron chi connectivity index (χ1n) is 7.40. The predicted octanol–water partition coefficient (Wildman–Crippen LogP) is 5.16. The maximum absolute atomic E-state index is 6.37. The molecule has 0 spiro atoms. The fourth-order valence-corrected chi connectivity index (χ4v) is 3.55. The number of benzene rings is 1. The van der Waals surface area contributed by atoms with Crippen molar-refractivity contribution in [3.8, 4) is 5.75 Å². The normalized spacial score (nSPS) is 20.6. The van der Waals surface area contributed by atoms with Crippen molar-refractivity contribution in [2.24, 2.45) is 5.41 Å². The van der Waals surface area contributed by atoms with Crippen LogP contribution < -0.4 is 4.74 Å². The summed E-state index contributed by atoms with van der Waals surface area (Å²) in [5.41, 5.74) is 1.67. The quantitative estimate of drug-likeness (QED) is 0.513. The highest BCUT2D eigenvalue weighted by Crippen LogP contribution is 2.39. The molecule has 0 N–H and O–H groups in total.